The number of H-pyrrole nitrogens is 1. The number of hydrogen-bond donors (Lipinski definition) is 2. The van der Waals surface area contributed by atoms with Gasteiger partial charge >= 0.3 is 0 Å². The van der Waals surface area contributed by atoms with Crippen molar-refractivity contribution in [1.29, 1.82) is 0 Å². The summed E-state index contributed by atoms with van der Waals surface area (Å²) in [7, 11) is 0. The first kappa shape index (κ1) is 11.6. The molecule has 1 saturated carbocycles. The Morgan fingerprint density at radius 2 is 2.38 bits per heavy atom. The summed E-state index contributed by atoms with van der Waals surface area (Å²) >= 11 is 0. The minimum absolute atomic E-state index is 0.676. The van der Waals surface area contributed by atoms with Crippen molar-refractivity contribution in [3.05, 3.63) is 17.7 Å². The maximum absolute atomic E-state index is 4.52. The van der Waals surface area contributed by atoms with E-state index < -0.39 is 0 Å². The van der Waals surface area contributed by atoms with Crippen LogP contribution in [0.5, 0.6) is 0 Å². The van der Waals surface area contributed by atoms with Crippen LogP contribution in [-0.4, -0.2) is 16.5 Å². The SMILES string of the molecule is CCCNCc1cnc(C2CCC(C)C2)[nH]1. The van der Waals surface area contributed by atoms with E-state index >= 15 is 0 Å². The topological polar surface area (TPSA) is 40.7 Å². The predicted molar refractivity (Wildman–Crippen MR) is 66.3 cm³/mol. The van der Waals surface area contributed by atoms with Crippen molar-refractivity contribution in [2.24, 2.45) is 5.92 Å². The van der Waals surface area contributed by atoms with Crippen LogP contribution in [0.2, 0.25) is 0 Å². The number of nitrogens with zero attached hydrogens (tertiary/aromatic N) is 1. The molecule has 1 aromatic heterocycles. The molecule has 1 aliphatic rings. The van der Waals surface area contributed by atoms with Crippen LogP contribution in [0.25, 0.3) is 0 Å². The smallest absolute Gasteiger partial charge is 0.109 e. The van der Waals surface area contributed by atoms with Crippen molar-refractivity contribution in [1.82, 2.24) is 15.3 Å². The number of aromatic nitrogens is 2. The Hall–Kier alpha value is -0.830. The first-order valence-corrected chi connectivity index (χ1v) is 6.54. The standard InChI is InChI=1S/C13H23N3/c1-3-6-14-8-12-9-15-13(16-12)11-5-4-10(2)7-11/h9-11,14H,3-8H2,1-2H3,(H,15,16). The fourth-order valence-electron chi connectivity index (χ4n) is 2.53. The molecule has 1 aromatic rings. The number of hydrogen-bond acceptors (Lipinski definition) is 2. The molecule has 3 heteroatoms. The minimum atomic E-state index is 0.676. The van der Waals surface area contributed by atoms with E-state index in [1.165, 1.54) is 37.2 Å². The second kappa shape index (κ2) is 5.48. The summed E-state index contributed by atoms with van der Waals surface area (Å²) in [6.07, 6.45) is 7.13. The van der Waals surface area contributed by atoms with E-state index in [-0.39, 0.29) is 0 Å². The van der Waals surface area contributed by atoms with Gasteiger partial charge in [-0.3, -0.25) is 0 Å². The van der Waals surface area contributed by atoms with E-state index in [2.05, 4.69) is 29.1 Å². The normalized spacial score (nSPS) is 25.1. The molecule has 0 spiro atoms. The van der Waals surface area contributed by atoms with Crippen LogP contribution in [0.1, 0.15) is 57.0 Å². The average molecular weight is 221 g/mol. The Morgan fingerprint density at radius 1 is 1.50 bits per heavy atom. The molecule has 1 fully saturated rings. The van der Waals surface area contributed by atoms with E-state index in [0.717, 1.165) is 19.0 Å². The van der Waals surface area contributed by atoms with E-state index in [1.54, 1.807) is 0 Å². The van der Waals surface area contributed by atoms with Crippen LogP contribution in [-0.2, 0) is 6.54 Å². The van der Waals surface area contributed by atoms with E-state index in [4.69, 9.17) is 0 Å². The van der Waals surface area contributed by atoms with Gasteiger partial charge in [0.25, 0.3) is 0 Å². The van der Waals surface area contributed by atoms with E-state index in [9.17, 15) is 0 Å². The Morgan fingerprint density at radius 3 is 3.06 bits per heavy atom. The third kappa shape index (κ3) is 2.85. The number of rotatable bonds is 5. The average Bonchev–Trinajstić information content (AvgIpc) is 2.87. The van der Waals surface area contributed by atoms with Crippen molar-refractivity contribution >= 4 is 0 Å². The van der Waals surface area contributed by atoms with Crippen LogP contribution in [0.4, 0.5) is 0 Å². The first-order valence-electron chi connectivity index (χ1n) is 6.54. The number of imidazole rings is 1. The number of nitrogens with one attached hydrogen (secondary N) is 2. The highest BCUT2D eigenvalue weighted by Gasteiger charge is 2.24. The lowest BCUT2D eigenvalue weighted by Crippen LogP contribution is -2.14. The molecule has 1 heterocycles. The lowest BCUT2D eigenvalue weighted by Gasteiger charge is -2.05. The van der Waals surface area contributed by atoms with Gasteiger partial charge in [0.05, 0.1) is 0 Å². The summed E-state index contributed by atoms with van der Waals surface area (Å²) in [6.45, 7) is 6.52. The highest BCUT2D eigenvalue weighted by Crippen LogP contribution is 2.36. The van der Waals surface area contributed by atoms with Gasteiger partial charge in [-0.2, -0.15) is 0 Å². The van der Waals surface area contributed by atoms with Crippen LogP contribution in [0, 0.1) is 5.92 Å². The molecule has 0 aromatic carbocycles. The molecular weight excluding hydrogens is 198 g/mol. The Kier molecular flexibility index (Phi) is 3.99. The zero-order valence-electron chi connectivity index (χ0n) is 10.4. The minimum Gasteiger partial charge on any atom is -0.345 e. The van der Waals surface area contributed by atoms with Crippen molar-refractivity contribution < 1.29 is 0 Å². The van der Waals surface area contributed by atoms with Gasteiger partial charge in [0, 0.05) is 24.4 Å². The molecule has 0 aliphatic heterocycles. The van der Waals surface area contributed by atoms with Crippen molar-refractivity contribution in [2.45, 2.75) is 52.0 Å². The maximum atomic E-state index is 4.52. The predicted octanol–water partition coefficient (Wildman–Crippen LogP) is 2.81. The van der Waals surface area contributed by atoms with Gasteiger partial charge in [0.2, 0.25) is 0 Å². The van der Waals surface area contributed by atoms with Crippen LogP contribution < -0.4 is 5.32 Å². The fraction of sp³-hybridized carbons (Fsp3) is 0.769. The maximum Gasteiger partial charge on any atom is 0.109 e. The molecule has 2 atom stereocenters. The molecule has 0 amide bonds. The van der Waals surface area contributed by atoms with Crippen LogP contribution >= 0.6 is 0 Å². The zero-order valence-corrected chi connectivity index (χ0v) is 10.4. The van der Waals surface area contributed by atoms with Gasteiger partial charge in [-0.25, -0.2) is 4.98 Å². The molecule has 90 valence electrons. The van der Waals surface area contributed by atoms with Gasteiger partial charge in [0.1, 0.15) is 5.82 Å². The summed E-state index contributed by atoms with van der Waals surface area (Å²) in [6, 6.07) is 0. The second-order valence-electron chi connectivity index (χ2n) is 5.09. The van der Waals surface area contributed by atoms with Crippen LogP contribution in [0.3, 0.4) is 0 Å². The van der Waals surface area contributed by atoms with Gasteiger partial charge in [0.15, 0.2) is 0 Å². The lowest BCUT2D eigenvalue weighted by molar-refractivity contribution is 0.586. The van der Waals surface area contributed by atoms with Crippen molar-refractivity contribution in [3.8, 4) is 0 Å². The molecule has 0 bridgehead atoms. The van der Waals surface area contributed by atoms with Gasteiger partial charge in [-0.1, -0.05) is 13.8 Å². The van der Waals surface area contributed by atoms with Crippen molar-refractivity contribution in [2.75, 3.05) is 6.54 Å². The molecule has 16 heavy (non-hydrogen) atoms. The lowest BCUT2D eigenvalue weighted by atomic mass is 10.1. The summed E-state index contributed by atoms with van der Waals surface area (Å²) in [5, 5.41) is 3.39. The van der Waals surface area contributed by atoms with E-state index in [0.29, 0.717) is 5.92 Å². The molecule has 2 rings (SSSR count). The first-order chi connectivity index (χ1) is 7.79. The van der Waals surface area contributed by atoms with Gasteiger partial charge in [-0.15, -0.1) is 0 Å². The molecule has 0 radical (unpaired) electrons. The molecule has 2 unspecified atom stereocenters. The van der Waals surface area contributed by atoms with Gasteiger partial charge < -0.3 is 10.3 Å². The number of aromatic amines is 1. The summed E-state index contributed by atoms with van der Waals surface area (Å²) < 4.78 is 0. The monoisotopic (exact) mass is 221 g/mol. The Balaban J connectivity index is 1.87. The van der Waals surface area contributed by atoms with Crippen LogP contribution in [0.15, 0.2) is 6.20 Å². The largest absolute Gasteiger partial charge is 0.345 e. The van der Waals surface area contributed by atoms with E-state index in [1.807, 2.05) is 6.20 Å². The Bertz CT molecular complexity index is 319. The molecule has 2 N–H and O–H groups in total. The summed E-state index contributed by atoms with van der Waals surface area (Å²) in [4.78, 5) is 7.98. The third-order valence-corrected chi connectivity index (χ3v) is 3.47. The van der Waals surface area contributed by atoms with Crippen molar-refractivity contribution in [3.63, 3.8) is 0 Å². The zero-order chi connectivity index (χ0) is 11.4. The summed E-state index contributed by atoms with van der Waals surface area (Å²) in [5.74, 6) is 2.75. The molecule has 0 saturated heterocycles. The molecule has 1 aliphatic carbocycles. The fourth-order valence-corrected chi connectivity index (χ4v) is 2.53. The second-order valence-corrected chi connectivity index (χ2v) is 5.09. The summed E-state index contributed by atoms with van der Waals surface area (Å²) in [5.41, 5.74) is 1.23. The third-order valence-electron chi connectivity index (χ3n) is 3.47. The quantitative estimate of drug-likeness (QED) is 0.751. The highest BCUT2D eigenvalue weighted by molar-refractivity contribution is 5.07. The van der Waals surface area contributed by atoms with Gasteiger partial charge in [-0.05, 0) is 38.1 Å². The Labute approximate surface area is 98.1 Å². The highest BCUT2D eigenvalue weighted by atomic mass is 15.0. The molecular formula is C13H23N3. The molecule has 3 nitrogen and oxygen atoms in total.